The van der Waals surface area contributed by atoms with Gasteiger partial charge in [0.1, 0.15) is 11.6 Å². The number of aryl methyl sites for hydroxylation is 1. The lowest BCUT2D eigenvalue weighted by Gasteiger charge is -2.14. The third-order valence-corrected chi connectivity index (χ3v) is 5.66. The van der Waals surface area contributed by atoms with Crippen LogP contribution in [0.3, 0.4) is 0 Å². The maximum Gasteiger partial charge on any atom is 0.278 e. The molecule has 0 saturated heterocycles. The summed E-state index contributed by atoms with van der Waals surface area (Å²) in [5, 5.41) is 6.64. The Bertz CT molecular complexity index is 1140. The summed E-state index contributed by atoms with van der Waals surface area (Å²) < 4.78 is 25.1. The molecule has 28 heavy (non-hydrogen) atoms. The molecule has 0 bridgehead atoms. The standard InChI is InChI=1S/C21H16FN3O2S/c1-13-5-6-15(22)12-17(13)21(7-8-21)19-24-18(27-25-19)14-3-2-4-16(11-14)26-20-23-9-10-28-20/h2-6,9-12H,7-8H2,1H3. The molecule has 0 spiro atoms. The first-order chi connectivity index (χ1) is 13.6. The minimum Gasteiger partial charge on any atom is -0.431 e. The summed E-state index contributed by atoms with van der Waals surface area (Å²) in [6, 6.07) is 12.3. The molecule has 1 fully saturated rings. The van der Waals surface area contributed by atoms with Gasteiger partial charge in [-0.05, 0) is 61.2 Å². The fourth-order valence-electron chi connectivity index (χ4n) is 3.44. The average molecular weight is 393 g/mol. The molecular weight excluding hydrogens is 377 g/mol. The lowest BCUT2D eigenvalue weighted by molar-refractivity contribution is 0.417. The maximum atomic E-state index is 13.8. The summed E-state index contributed by atoms with van der Waals surface area (Å²) in [5.74, 6) is 1.42. The summed E-state index contributed by atoms with van der Waals surface area (Å²) in [5.41, 5.74) is 2.37. The van der Waals surface area contributed by atoms with Crippen molar-refractivity contribution in [1.29, 1.82) is 0 Å². The van der Waals surface area contributed by atoms with Crippen LogP contribution in [0.2, 0.25) is 0 Å². The zero-order chi connectivity index (χ0) is 19.1. The Morgan fingerprint density at radius 2 is 2.07 bits per heavy atom. The molecule has 1 aliphatic carbocycles. The lowest BCUT2D eigenvalue weighted by Crippen LogP contribution is -2.13. The van der Waals surface area contributed by atoms with Crippen LogP contribution < -0.4 is 4.74 Å². The largest absolute Gasteiger partial charge is 0.431 e. The molecule has 0 aliphatic heterocycles. The number of benzene rings is 2. The average Bonchev–Trinajstić information content (AvgIpc) is 3.10. The number of aromatic nitrogens is 3. The molecule has 0 N–H and O–H groups in total. The molecule has 7 heteroatoms. The molecule has 1 saturated carbocycles. The van der Waals surface area contributed by atoms with Gasteiger partial charge in [0.05, 0.1) is 5.41 Å². The molecule has 2 heterocycles. The Morgan fingerprint density at radius 1 is 1.18 bits per heavy atom. The van der Waals surface area contributed by atoms with E-state index in [1.54, 1.807) is 18.3 Å². The third kappa shape index (κ3) is 2.97. The first-order valence-corrected chi connectivity index (χ1v) is 9.81. The molecule has 5 nitrogen and oxygen atoms in total. The van der Waals surface area contributed by atoms with Crippen molar-refractivity contribution in [1.82, 2.24) is 15.1 Å². The van der Waals surface area contributed by atoms with E-state index in [4.69, 9.17) is 9.26 Å². The highest BCUT2D eigenvalue weighted by molar-refractivity contribution is 7.11. The van der Waals surface area contributed by atoms with Gasteiger partial charge in [-0.3, -0.25) is 0 Å². The quantitative estimate of drug-likeness (QED) is 0.447. The molecule has 2 aromatic carbocycles. The number of nitrogens with zero attached hydrogens (tertiary/aromatic N) is 3. The minimum atomic E-state index is -0.358. The van der Waals surface area contributed by atoms with Crippen molar-refractivity contribution in [3.8, 4) is 22.4 Å². The van der Waals surface area contributed by atoms with Crippen molar-refractivity contribution < 1.29 is 13.7 Å². The van der Waals surface area contributed by atoms with Crippen molar-refractivity contribution in [3.63, 3.8) is 0 Å². The Hall–Kier alpha value is -3.06. The van der Waals surface area contributed by atoms with Gasteiger partial charge in [-0.2, -0.15) is 4.98 Å². The number of thiazole rings is 1. The van der Waals surface area contributed by atoms with Crippen LogP contribution in [0, 0.1) is 12.7 Å². The summed E-state index contributed by atoms with van der Waals surface area (Å²) in [6.45, 7) is 1.98. The van der Waals surface area contributed by atoms with Gasteiger partial charge in [0, 0.05) is 17.1 Å². The fourth-order valence-corrected chi connectivity index (χ4v) is 3.94. The first-order valence-electron chi connectivity index (χ1n) is 8.93. The van der Waals surface area contributed by atoms with Crippen LogP contribution >= 0.6 is 11.3 Å². The second kappa shape index (κ2) is 6.53. The van der Waals surface area contributed by atoms with E-state index in [0.29, 0.717) is 22.7 Å². The van der Waals surface area contributed by atoms with Gasteiger partial charge in [-0.15, -0.1) is 0 Å². The number of halogens is 1. The normalized spacial score (nSPS) is 14.8. The first kappa shape index (κ1) is 17.1. The molecule has 0 unspecified atom stereocenters. The van der Waals surface area contributed by atoms with Gasteiger partial charge in [0.15, 0.2) is 5.82 Å². The molecule has 140 valence electrons. The lowest BCUT2D eigenvalue weighted by atomic mass is 9.91. The highest BCUT2D eigenvalue weighted by Crippen LogP contribution is 2.53. The van der Waals surface area contributed by atoms with Crippen molar-refractivity contribution in [2.24, 2.45) is 0 Å². The zero-order valence-electron chi connectivity index (χ0n) is 15.1. The molecule has 2 aromatic heterocycles. The Balaban J connectivity index is 1.46. The Morgan fingerprint density at radius 3 is 2.86 bits per heavy atom. The summed E-state index contributed by atoms with van der Waals surface area (Å²) in [7, 11) is 0. The SMILES string of the molecule is Cc1ccc(F)cc1C1(c2noc(-c3cccc(Oc4nccs4)c3)n2)CC1. The number of ether oxygens (including phenoxy) is 1. The van der Waals surface area contributed by atoms with Crippen molar-refractivity contribution in [2.45, 2.75) is 25.2 Å². The topological polar surface area (TPSA) is 61.0 Å². The van der Waals surface area contributed by atoms with E-state index in [9.17, 15) is 4.39 Å². The van der Waals surface area contributed by atoms with Crippen molar-refractivity contribution in [2.75, 3.05) is 0 Å². The zero-order valence-corrected chi connectivity index (χ0v) is 15.9. The second-order valence-electron chi connectivity index (χ2n) is 6.89. The Labute approximate surface area is 164 Å². The van der Waals surface area contributed by atoms with Gasteiger partial charge in [0.2, 0.25) is 0 Å². The summed E-state index contributed by atoms with van der Waals surface area (Å²) in [4.78, 5) is 8.75. The van der Waals surface area contributed by atoms with E-state index in [-0.39, 0.29) is 11.2 Å². The molecule has 0 amide bonds. The predicted molar refractivity (Wildman–Crippen MR) is 103 cm³/mol. The molecule has 0 radical (unpaired) electrons. The number of hydrogen-bond donors (Lipinski definition) is 0. The second-order valence-corrected chi connectivity index (χ2v) is 7.75. The van der Waals surface area contributed by atoms with Crippen LogP contribution in [-0.4, -0.2) is 15.1 Å². The van der Waals surface area contributed by atoms with Crippen LogP contribution in [0.15, 0.2) is 58.6 Å². The van der Waals surface area contributed by atoms with Crippen molar-refractivity contribution >= 4 is 11.3 Å². The predicted octanol–water partition coefficient (Wildman–Crippen LogP) is 5.51. The van der Waals surface area contributed by atoms with E-state index in [1.807, 2.05) is 36.6 Å². The molecule has 1 aliphatic rings. The van der Waals surface area contributed by atoms with Gasteiger partial charge < -0.3 is 9.26 Å². The van der Waals surface area contributed by atoms with Gasteiger partial charge in [-0.1, -0.05) is 28.6 Å². The highest BCUT2D eigenvalue weighted by Gasteiger charge is 2.51. The van der Waals surface area contributed by atoms with Crippen LogP contribution in [0.5, 0.6) is 10.9 Å². The number of rotatable bonds is 5. The highest BCUT2D eigenvalue weighted by atomic mass is 32.1. The van der Waals surface area contributed by atoms with Crippen LogP contribution in [-0.2, 0) is 5.41 Å². The monoisotopic (exact) mass is 393 g/mol. The van der Waals surface area contributed by atoms with E-state index in [2.05, 4.69) is 15.1 Å². The molecule has 0 atom stereocenters. The number of hydrogen-bond acceptors (Lipinski definition) is 6. The Kier molecular flexibility index (Phi) is 3.98. The van der Waals surface area contributed by atoms with Gasteiger partial charge in [0.25, 0.3) is 11.1 Å². The smallest absolute Gasteiger partial charge is 0.278 e. The molecule has 5 rings (SSSR count). The van der Waals surface area contributed by atoms with E-state index >= 15 is 0 Å². The van der Waals surface area contributed by atoms with Crippen LogP contribution in [0.25, 0.3) is 11.5 Å². The van der Waals surface area contributed by atoms with E-state index < -0.39 is 0 Å². The molecule has 4 aromatic rings. The summed E-state index contributed by atoms with van der Waals surface area (Å²) >= 11 is 1.42. The molecular formula is C21H16FN3O2S. The van der Waals surface area contributed by atoms with E-state index in [0.717, 1.165) is 29.5 Å². The van der Waals surface area contributed by atoms with E-state index in [1.165, 1.54) is 17.4 Å². The fraction of sp³-hybridized carbons (Fsp3) is 0.190. The minimum absolute atomic E-state index is 0.248. The van der Waals surface area contributed by atoms with Crippen LogP contribution in [0.4, 0.5) is 4.39 Å². The third-order valence-electron chi connectivity index (χ3n) is 5.02. The summed E-state index contributed by atoms with van der Waals surface area (Å²) in [6.07, 6.45) is 3.45. The maximum absolute atomic E-state index is 13.8. The van der Waals surface area contributed by atoms with Gasteiger partial charge in [-0.25, -0.2) is 9.37 Å². The van der Waals surface area contributed by atoms with Gasteiger partial charge >= 0.3 is 0 Å². The van der Waals surface area contributed by atoms with Crippen molar-refractivity contribution in [3.05, 3.63) is 76.8 Å². The van der Waals surface area contributed by atoms with Crippen LogP contribution in [0.1, 0.15) is 29.8 Å².